The summed E-state index contributed by atoms with van der Waals surface area (Å²) in [6.45, 7) is 9.64. The fourth-order valence-corrected chi connectivity index (χ4v) is 2.73. The number of nitrogens with zero attached hydrogens (tertiary/aromatic N) is 6. The molecule has 0 radical (unpaired) electrons. The van der Waals surface area contributed by atoms with Crippen molar-refractivity contribution >= 4 is 5.82 Å². The van der Waals surface area contributed by atoms with E-state index in [4.69, 9.17) is 4.74 Å². The summed E-state index contributed by atoms with van der Waals surface area (Å²) in [5, 5.41) is 15.4. The van der Waals surface area contributed by atoms with E-state index in [-0.39, 0.29) is 6.04 Å². The Kier molecular flexibility index (Phi) is 5.95. The average Bonchev–Trinajstić information content (AvgIpc) is 3.08. The highest BCUT2D eigenvalue weighted by Crippen LogP contribution is 2.25. The molecule has 3 rings (SSSR count). The summed E-state index contributed by atoms with van der Waals surface area (Å²) >= 11 is 0. The fraction of sp³-hybridized carbons (Fsp3) is 0.421. The molecule has 2 aromatic heterocycles. The fourth-order valence-electron chi connectivity index (χ4n) is 2.73. The third-order valence-electron chi connectivity index (χ3n) is 3.86. The van der Waals surface area contributed by atoms with Crippen LogP contribution in [0.4, 0.5) is 5.82 Å². The number of tetrazole rings is 1. The van der Waals surface area contributed by atoms with Crippen LogP contribution in [-0.4, -0.2) is 42.8 Å². The van der Waals surface area contributed by atoms with Gasteiger partial charge < -0.3 is 10.1 Å². The lowest BCUT2D eigenvalue weighted by atomic mass is 10.1. The first-order valence-corrected chi connectivity index (χ1v) is 9.05. The number of hydrogen-bond donors (Lipinski definition) is 1. The van der Waals surface area contributed by atoms with Crippen LogP contribution in [0.1, 0.15) is 26.3 Å². The van der Waals surface area contributed by atoms with Crippen molar-refractivity contribution in [3.63, 3.8) is 0 Å². The van der Waals surface area contributed by atoms with Crippen molar-refractivity contribution in [2.75, 3.05) is 11.9 Å². The van der Waals surface area contributed by atoms with Gasteiger partial charge in [-0.3, -0.25) is 0 Å². The molecule has 0 saturated heterocycles. The molecule has 0 aliphatic heterocycles. The van der Waals surface area contributed by atoms with Crippen LogP contribution in [0.15, 0.2) is 36.8 Å². The average molecular weight is 367 g/mol. The van der Waals surface area contributed by atoms with Gasteiger partial charge in [0.25, 0.3) is 0 Å². The van der Waals surface area contributed by atoms with Gasteiger partial charge >= 0.3 is 0 Å². The van der Waals surface area contributed by atoms with E-state index >= 15 is 0 Å². The van der Waals surface area contributed by atoms with E-state index < -0.39 is 0 Å². The first kappa shape index (κ1) is 18.8. The van der Waals surface area contributed by atoms with Crippen molar-refractivity contribution in [1.82, 2.24) is 30.2 Å². The summed E-state index contributed by atoms with van der Waals surface area (Å²) < 4.78 is 7.83. The molecule has 0 saturated carbocycles. The zero-order chi connectivity index (χ0) is 19.2. The number of anilines is 1. The van der Waals surface area contributed by atoms with Crippen LogP contribution in [0.2, 0.25) is 0 Å². The van der Waals surface area contributed by atoms with Crippen molar-refractivity contribution < 1.29 is 4.74 Å². The zero-order valence-electron chi connectivity index (χ0n) is 16.1. The summed E-state index contributed by atoms with van der Waals surface area (Å²) in [4.78, 5) is 8.08. The number of nitrogens with one attached hydrogen (secondary N) is 1. The quantitative estimate of drug-likeness (QED) is 0.654. The molecule has 0 aliphatic rings. The predicted molar refractivity (Wildman–Crippen MR) is 103 cm³/mol. The zero-order valence-corrected chi connectivity index (χ0v) is 16.1. The molecule has 2 heterocycles. The van der Waals surface area contributed by atoms with Crippen molar-refractivity contribution in [2.24, 2.45) is 5.92 Å². The van der Waals surface area contributed by atoms with Crippen LogP contribution < -0.4 is 10.1 Å². The van der Waals surface area contributed by atoms with Gasteiger partial charge in [-0.25, -0.2) is 14.6 Å². The molecule has 0 bridgehead atoms. The summed E-state index contributed by atoms with van der Waals surface area (Å²) in [7, 11) is 0. The number of rotatable bonds is 8. The molecule has 8 heteroatoms. The largest absolute Gasteiger partial charge is 0.491 e. The SMILES string of the molecule is Cc1cc(OCC(C)Nc2ccncn2)cc(-c2nnnn2CC(C)C)c1. The molecule has 1 N–H and O–H groups in total. The Bertz CT molecular complexity index is 864. The van der Waals surface area contributed by atoms with Gasteiger partial charge in [0.1, 0.15) is 24.5 Å². The maximum absolute atomic E-state index is 6.00. The van der Waals surface area contributed by atoms with E-state index in [9.17, 15) is 0 Å². The van der Waals surface area contributed by atoms with E-state index in [0.717, 1.165) is 35.1 Å². The highest BCUT2D eigenvalue weighted by atomic mass is 16.5. The number of aryl methyl sites for hydroxylation is 1. The topological polar surface area (TPSA) is 90.6 Å². The summed E-state index contributed by atoms with van der Waals surface area (Å²) in [5.74, 6) is 2.78. The number of aromatic nitrogens is 6. The molecule has 8 nitrogen and oxygen atoms in total. The second kappa shape index (κ2) is 8.57. The van der Waals surface area contributed by atoms with Crippen LogP contribution in [0.5, 0.6) is 5.75 Å². The monoisotopic (exact) mass is 367 g/mol. The normalized spacial score (nSPS) is 12.2. The summed E-state index contributed by atoms with van der Waals surface area (Å²) in [5.41, 5.74) is 2.05. The molecular formula is C19H25N7O. The smallest absolute Gasteiger partial charge is 0.182 e. The molecule has 1 aromatic carbocycles. The third-order valence-corrected chi connectivity index (χ3v) is 3.86. The van der Waals surface area contributed by atoms with E-state index in [1.54, 1.807) is 6.20 Å². The van der Waals surface area contributed by atoms with Crippen LogP contribution in [-0.2, 0) is 6.54 Å². The minimum atomic E-state index is 0.0927. The highest BCUT2D eigenvalue weighted by Gasteiger charge is 2.12. The van der Waals surface area contributed by atoms with E-state index in [1.165, 1.54) is 6.33 Å². The minimum Gasteiger partial charge on any atom is -0.491 e. The highest BCUT2D eigenvalue weighted by molar-refractivity contribution is 5.59. The van der Waals surface area contributed by atoms with E-state index in [1.807, 2.05) is 36.7 Å². The van der Waals surface area contributed by atoms with Crippen molar-refractivity contribution in [3.05, 3.63) is 42.4 Å². The van der Waals surface area contributed by atoms with E-state index in [2.05, 4.69) is 50.7 Å². The molecule has 27 heavy (non-hydrogen) atoms. The first-order chi connectivity index (χ1) is 13.0. The minimum absolute atomic E-state index is 0.0927. The molecule has 0 spiro atoms. The van der Waals surface area contributed by atoms with Gasteiger partial charge in [-0.1, -0.05) is 13.8 Å². The van der Waals surface area contributed by atoms with Crippen LogP contribution in [0.3, 0.4) is 0 Å². The van der Waals surface area contributed by atoms with Crippen LogP contribution in [0, 0.1) is 12.8 Å². The van der Waals surface area contributed by atoms with Gasteiger partial charge in [-0.2, -0.15) is 0 Å². The molecule has 0 amide bonds. The standard InChI is InChI=1S/C19H25N7O/c1-13(2)10-26-19(23-24-25-26)16-7-14(3)8-17(9-16)27-11-15(4)22-18-5-6-20-12-21-18/h5-9,12-13,15H,10-11H2,1-4H3,(H,20,21,22). The Morgan fingerprint density at radius 3 is 2.78 bits per heavy atom. The second-order valence-electron chi connectivity index (χ2n) is 7.06. The maximum atomic E-state index is 6.00. The Morgan fingerprint density at radius 1 is 1.19 bits per heavy atom. The molecule has 0 fully saturated rings. The van der Waals surface area contributed by atoms with Crippen LogP contribution in [0.25, 0.3) is 11.4 Å². The Labute approximate surface area is 159 Å². The maximum Gasteiger partial charge on any atom is 0.182 e. The molecule has 3 aromatic rings. The molecule has 142 valence electrons. The molecule has 1 unspecified atom stereocenters. The number of hydrogen-bond acceptors (Lipinski definition) is 7. The Balaban J connectivity index is 1.69. The van der Waals surface area contributed by atoms with Gasteiger partial charge in [0.15, 0.2) is 5.82 Å². The van der Waals surface area contributed by atoms with Crippen molar-refractivity contribution in [3.8, 4) is 17.1 Å². The van der Waals surface area contributed by atoms with Gasteiger partial charge in [0.05, 0.1) is 6.04 Å². The van der Waals surface area contributed by atoms with E-state index in [0.29, 0.717) is 12.5 Å². The predicted octanol–water partition coefficient (Wildman–Crippen LogP) is 2.97. The van der Waals surface area contributed by atoms with Gasteiger partial charge in [0.2, 0.25) is 0 Å². The lowest BCUT2D eigenvalue weighted by molar-refractivity contribution is 0.303. The lowest BCUT2D eigenvalue weighted by Crippen LogP contribution is -2.24. The number of benzene rings is 1. The molecule has 1 atom stereocenters. The number of ether oxygens (including phenoxy) is 1. The third kappa shape index (κ3) is 5.22. The first-order valence-electron chi connectivity index (χ1n) is 9.05. The summed E-state index contributed by atoms with van der Waals surface area (Å²) in [6, 6.07) is 7.98. The Morgan fingerprint density at radius 2 is 2.04 bits per heavy atom. The second-order valence-corrected chi connectivity index (χ2v) is 7.06. The Hall–Kier alpha value is -3.03. The van der Waals surface area contributed by atoms with Crippen LogP contribution >= 0.6 is 0 Å². The van der Waals surface area contributed by atoms with Gasteiger partial charge in [-0.05, 0) is 60.0 Å². The van der Waals surface area contributed by atoms with Gasteiger partial charge in [0, 0.05) is 18.3 Å². The van der Waals surface area contributed by atoms with Crippen molar-refractivity contribution in [1.29, 1.82) is 0 Å². The lowest BCUT2D eigenvalue weighted by Gasteiger charge is -2.16. The van der Waals surface area contributed by atoms with Gasteiger partial charge in [-0.15, -0.1) is 5.10 Å². The summed E-state index contributed by atoms with van der Waals surface area (Å²) in [6.07, 6.45) is 3.22. The van der Waals surface area contributed by atoms with Crippen molar-refractivity contribution in [2.45, 2.75) is 40.3 Å². The molecule has 0 aliphatic carbocycles. The molecular weight excluding hydrogens is 342 g/mol.